The lowest BCUT2D eigenvalue weighted by Crippen LogP contribution is -2.39. The van der Waals surface area contributed by atoms with E-state index in [4.69, 9.17) is 5.73 Å². The number of amides is 3. The molecular weight excluding hydrogens is 340 g/mol. The van der Waals surface area contributed by atoms with Gasteiger partial charge in [0, 0.05) is 6.04 Å². The first kappa shape index (κ1) is 17.5. The molecule has 0 saturated heterocycles. The molecule has 1 fully saturated rings. The van der Waals surface area contributed by atoms with Crippen LogP contribution in [0.2, 0.25) is 0 Å². The molecule has 8 heteroatoms. The number of rotatable bonds is 4. The number of hydrogen-bond acceptors (Lipinski definition) is 5. The minimum Gasteiger partial charge on any atom is -0.351 e. The van der Waals surface area contributed by atoms with E-state index in [0.29, 0.717) is 16.1 Å². The highest BCUT2D eigenvalue weighted by molar-refractivity contribution is 8.00. The monoisotopic (exact) mass is 360 g/mol. The average Bonchev–Trinajstić information content (AvgIpc) is 3.08. The van der Waals surface area contributed by atoms with Crippen molar-refractivity contribution in [3.05, 3.63) is 34.6 Å². The van der Waals surface area contributed by atoms with Gasteiger partial charge in [-0.1, -0.05) is 36.7 Å². The van der Waals surface area contributed by atoms with E-state index in [-0.39, 0.29) is 11.6 Å². The first-order valence-corrected chi connectivity index (χ1v) is 9.13. The molecule has 132 valence electrons. The number of para-hydroxylation sites is 1. The van der Waals surface area contributed by atoms with Crippen molar-refractivity contribution in [3.63, 3.8) is 0 Å². The Morgan fingerprint density at radius 3 is 2.68 bits per heavy atom. The van der Waals surface area contributed by atoms with Crippen molar-refractivity contribution in [2.45, 2.75) is 49.1 Å². The standard InChI is InChI=1S/C17H20N4O3S/c1-10(14(22)20-16(18)24)25-17-19-13-9-5-4-8-12(13)15(23)21(17)11-6-2-3-7-11/h4-5,8-11H,2-3,6-7H2,1H3,(H3,18,20,22,24)/t10-/m0/s1. The van der Waals surface area contributed by atoms with Crippen LogP contribution in [0.5, 0.6) is 0 Å². The summed E-state index contributed by atoms with van der Waals surface area (Å²) in [5, 5.41) is 2.54. The summed E-state index contributed by atoms with van der Waals surface area (Å²) in [7, 11) is 0. The minimum absolute atomic E-state index is 0.0810. The fourth-order valence-corrected chi connectivity index (χ4v) is 4.11. The Morgan fingerprint density at radius 1 is 1.32 bits per heavy atom. The van der Waals surface area contributed by atoms with E-state index in [1.54, 1.807) is 23.6 Å². The van der Waals surface area contributed by atoms with Gasteiger partial charge in [0.25, 0.3) is 5.56 Å². The number of carbonyl (C=O) groups is 2. The molecule has 3 rings (SSSR count). The van der Waals surface area contributed by atoms with Crippen LogP contribution in [0.1, 0.15) is 38.6 Å². The van der Waals surface area contributed by atoms with Crippen LogP contribution in [0.25, 0.3) is 10.9 Å². The largest absolute Gasteiger partial charge is 0.351 e. The summed E-state index contributed by atoms with van der Waals surface area (Å²) in [6, 6.07) is 6.41. The van der Waals surface area contributed by atoms with E-state index in [1.165, 1.54) is 11.8 Å². The van der Waals surface area contributed by atoms with Gasteiger partial charge in [-0.3, -0.25) is 19.5 Å². The maximum Gasteiger partial charge on any atom is 0.318 e. The van der Waals surface area contributed by atoms with Crippen molar-refractivity contribution in [2.24, 2.45) is 5.73 Å². The zero-order valence-electron chi connectivity index (χ0n) is 13.9. The number of fused-ring (bicyclic) bond motifs is 1. The Bertz CT molecular complexity index is 874. The molecule has 7 nitrogen and oxygen atoms in total. The number of nitrogens with two attached hydrogens (primary N) is 1. The lowest BCUT2D eigenvalue weighted by molar-refractivity contribution is -0.119. The number of hydrogen-bond donors (Lipinski definition) is 2. The Labute approximate surface area is 149 Å². The molecule has 1 saturated carbocycles. The predicted molar refractivity (Wildman–Crippen MR) is 96.6 cm³/mol. The second-order valence-corrected chi connectivity index (χ2v) is 7.45. The molecule has 1 aromatic carbocycles. The van der Waals surface area contributed by atoms with Crippen LogP contribution in [-0.2, 0) is 4.79 Å². The molecule has 0 spiro atoms. The van der Waals surface area contributed by atoms with Crippen molar-refractivity contribution >= 4 is 34.6 Å². The third-order valence-electron chi connectivity index (χ3n) is 4.36. The van der Waals surface area contributed by atoms with Crippen LogP contribution < -0.4 is 16.6 Å². The molecule has 1 aromatic heterocycles. The lowest BCUT2D eigenvalue weighted by Gasteiger charge is -2.20. The quantitative estimate of drug-likeness (QED) is 0.642. The maximum absolute atomic E-state index is 13.0. The van der Waals surface area contributed by atoms with Gasteiger partial charge in [-0.05, 0) is 31.9 Å². The first-order valence-electron chi connectivity index (χ1n) is 8.25. The summed E-state index contributed by atoms with van der Waals surface area (Å²) in [5.41, 5.74) is 5.52. The zero-order chi connectivity index (χ0) is 18.0. The lowest BCUT2D eigenvalue weighted by atomic mass is 10.2. The maximum atomic E-state index is 13.0. The molecule has 3 N–H and O–H groups in total. The SMILES string of the molecule is C[C@H](Sc1nc2ccccc2c(=O)n1C1CCCC1)C(=O)NC(N)=O. The van der Waals surface area contributed by atoms with Crippen LogP contribution in [0, 0.1) is 0 Å². The van der Waals surface area contributed by atoms with Gasteiger partial charge in [-0.15, -0.1) is 0 Å². The first-order chi connectivity index (χ1) is 12.0. The molecule has 0 unspecified atom stereocenters. The molecule has 2 aromatic rings. The third-order valence-corrected chi connectivity index (χ3v) is 5.43. The molecular formula is C17H20N4O3S. The number of primary amides is 1. The van der Waals surface area contributed by atoms with Crippen LogP contribution in [-0.4, -0.2) is 26.7 Å². The van der Waals surface area contributed by atoms with Crippen molar-refractivity contribution in [3.8, 4) is 0 Å². The van der Waals surface area contributed by atoms with E-state index in [1.807, 2.05) is 12.1 Å². The van der Waals surface area contributed by atoms with E-state index < -0.39 is 17.2 Å². The predicted octanol–water partition coefficient (Wildman–Crippen LogP) is 2.19. The van der Waals surface area contributed by atoms with E-state index >= 15 is 0 Å². The van der Waals surface area contributed by atoms with Gasteiger partial charge in [-0.25, -0.2) is 9.78 Å². The van der Waals surface area contributed by atoms with E-state index in [0.717, 1.165) is 25.7 Å². The number of aromatic nitrogens is 2. The Balaban J connectivity index is 2.03. The highest BCUT2D eigenvalue weighted by Gasteiger charge is 2.25. The number of benzene rings is 1. The fourth-order valence-electron chi connectivity index (χ4n) is 3.13. The molecule has 0 bridgehead atoms. The van der Waals surface area contributed by atoms with Gasteiger partial charge in [0.15, 0.2) is 5.16 Å². The number of urea groups is 1. The molecule has 0 aliphatic heterocycles. The van der Waals surface area contributed by atoms with Crippen molar-refractivity contribution in [1.29, 1.82) is 0 Å². The topological polar surface area (TPSA) is 107 Å². The number of thioether (sulfide) groups is 1. The van der Waals surface area contributed by atoms with Crippen LogP contribution in [0.4, 0.5) is 4.79 Å². The van der Waals surface area contributed by atoms with Gasteiger partial charge in [0.2, 0.25) is 5.91 Å². The molecule has 1 atom stereocenters. The Hall–Kier alpha value is -2.35. The molecule has 3 amide bonds. The van der Waals surface area contributed by atoms with Crippen molar-refractivity contribution < 1.29 is 9.59 Å². The molecule has 0 radical (unpaired) electrons. The number of carbonyl (C=O) groups excluding carboxylic acids is 2. The highest BCUT2D eigenvalue weighted by atomic mass is 32.2. The Morgan fingerprint density at radius 2 is 2.00 bits per heavy atom. The molecule has 25 heavy (non-hydrogen) atoms. The Kier molecular flexibility index (Phi) is 5.08. The number of imide groups is 1. The summed E-state index contributed by atoms with van der Waals surface area (Å²) < 4.78 is 1.72. The zero-order valence-corrected chi connectivity index (χ0v) is 14.7. The van der Waals surface area contributed by atoms with E-state index in [2.05, 4.69) is 10.3 Å². The summed E-state index contributed by atoms with van der Waals surface area (Å²) in [4.78, 5) is 40.5. The molecule has 1 heterocycles. The normalized spacial score (nSPS) is 16.0. The fraction of sp³-hybridized carbons (Fsp3) is 0.412. The summed E-state index contributed by atoms with van der Waals surface area (Å²) in [6.07, 6.45) is 4.00. The summed E-state index contributed by atoms with van der Waals surface area (Å²) in [5.74, 6) is -0.502. The smallest absolute Gasteiger partial charge is 0.318 e. The molecule has 1 aliphatic carbocycles. The average molecular weight is 360 g/mol. The van der Waals surface area contributed by atoms with Crippen LogP contribution >= 0.6 is 11.8 Å². The van der Waals surface area contributed by atoms with Gasteiger partial charge in [0.05, 0.1) is 16.2 Å². The van der Waals surface area contributed by atoms with Gasteiger partial charge in [-0.2, -0.15) is 0 Å². The molecule has 1 aliphatic rings. The summed E-state index contributed by atoms with van der Waals surface area (Å²) >= 11 is 1.17. The highest BCUT2D eigenvalue weighted by Crippen LogP contribution is 2.33. The van der Waals surface area contributed by atoms with Crippen LogP contribution in [0.15, 0.2) is 34.2 Å². The minimum atomic E-state index is -0.892. The van der Waals surface area contributed by atoms with Crippen molar-refractivity contribution in [1.82, 2.24) is 14.9 Å². The third kappa shape index (κ3) is 3.68. The van der Waals surface area contributed by atoms with Crippen LogP contribution in [0.3, 0.4) is 0 Å². The van der Waals surface area contributed by atoms with E-state index in [9.17, 15) is 14.4 Å². The number of nitrogens with one attached hydrogen (secondary N) is 1. The summed E-state index contributed by atoms with van der Waals surface area (Å²) in [6.45, 7) is 1.66. The van der Waals surface area contributed by atoms with Gasteiger partial charge >= 0.3 is 6.03 Å². The number of nitrogens with zero attached hydrogens (tertiary/aromatic N) is 2. The second-order valence-electron chi connectivity index (χ2n) is 6.14. The second kappa shape index (κ2) is 7.26. The van der Waals surface area contributed by atoms with Gasteiger partial charge in [0.1, 0.15) is 0 Å². The van der Waals surface area contributed by atoms with Crippen molar-refractivity contribution in [2.75, 3.05) is 0 Å². The van der Waals surface area contributed by atoms with Gasteiger partial charge < -0.3 is 5.73 Å².